The summed E-state index contributed by atoms with van der Waals surface area (Å²) in [4.78, 5) is 12.9. The van der Waals surface area contributed by atoms with E-state index in [4.69, 9.17) is 9.84 Å². The van der Waals surface area contributed by atoms with Gasteiger partial charge in [0.15, 0.2) is 17.2 Å². The van der Waals surface area contributed by atoms with Crippen molar-refractivity contribution in [2.45, 2.75) is 38.6 Å². The van der Waals surface area contributed by atoms with Gasteiger partial charge in [0.05, 0.1) is 18.5 Å². The first-order valence-electron chi connectivity index (χ1n) is 9.41. The second-order valence-electron chi connectivity index (χ2n) is 7.10. The maximum absolute atomic E-state index is 13.9. The monoisotopic (exact) mass is 386 g/mol. The van der Waals surface area contributed by atoms with Crippen LogP contribution in [0.2, 0.25) is 0 Å². The second-order valence-corrected chi connectivity index (χ2v) is 7.10. The Labute approximate surface area is 163 Å². The maximum atomic E-state index is 13.9. The number of methoxy groups -OCH3 is 1. The maximum Gasteiger partial charge on any atom is 0.334 e. The molecule has 0 radical (unpaired) electrons. The molecular weight excluding hydrogens is 362 g/mol. The van der Waals surface area contributed by atoms with Gasteiger partial charge in [-0.05, 0) is 43.7 Å². The second kappa shape index (κ2) is 8.09. The van der Waals surface area contributed by atoms with Crippen LogP contribution in [0.15, 0.2) is 53.6 Å². The quantitative estimate of drug-likeness (QED) is 0.661. The van der Waals surface area contributed by atoms with Crippen molar-refractivity contribution < 1.29 is 18.3 Å². The topological polar surface area (TPSA) is 41.9 Å². The third-order valence-corrected chi connectivity index (χ3v) is 5.32. The summed E-state index contributed by atoms with van der Waals surface area (Å²) in [5.74, 6) is -2.60. The predicted molar refractivity (Wildman–Crippen MR) is 105 cm³/mol. The number of para-hydroxylation sites is 1. The van der Waals surface area contributed by atoms with E-state index in [-0.39, 0.29) is 5.92 Å². The Balaban J connectivity index is 2.17. The van der Waals surface area contributed by atoms with E-state index in [0.717, 1.165) is 30.7 Å². The van der Waals surface area contributed by atoms with Crippen molar-refractivity contribution >= 4 is 17.4 Å². The fraction of sp³-hybridized carbons (Fsp3) is 0.364. The minimum Gasteiger partial charge on any atom is -0.467 e. The minimum absolute atomic E-state index is 0.329. The molecule has 148 valence electrons. The van der Waals surface area contributed by atoms with Crippen LogP contribution in [0.3, 0.4) is 0 Å². The molecule has 2 aromatic carbocycles. The molecule has 2 unspecified atom stereocenters. The first-order valence-corrected chi connectivity index (χ1v) is 9.41. The highest BCUT2D eigenvalue weighted by atomic mass is 19.2. The van der Waals surface area contributed by atoms with E-state index in [1.54, 1.807) is 11.9 Å². The van der Waals surface area contributed by atoms with Crippen molar-refractivity contribution in [1.29, 1.82) is 0 Å². The van der Waals surface area contributed by atoms with Gasteiger partial charge in [-0.15, -0.1) is 0 Å². The highest BCUT2D eigenvalue weighted by Crippen LogP contribution is 2.42. The van der Waals surface area contributed by atoms with Gasteiger partial charge in [-0.3, -0.25) is 0 Å². The summed E-state index contributed by atoms with van der Waals surface area (Å²) in [6.07, 6.45) is 2.47. The number of hydrazone groups is 1. The molecule has 2 aromatic rings. The number of unbranched alkanes of at least 4 members (excludes halogenated alkanes) is 1. The SMILES string of the molecule is CCCCC1C(c2ccc(F)c(F)c2)=NN(c2ccccc2)C1(C)C(=O)OC. The van der Waals surface area contributed by atoms with Crippen molar-refractivity contribution in [3.8, 4) is 0 Å². The first kappa shape index (κ1) is 20.0. The summed E-state index contributed by atoms with van der Waals surface area (Å²) >= 11 is 0. The average molecular weight is 386 g/mol. The zero-order chi connectivity index (χ0) is 20.3. The molecule has 0 N–H and O–H groups in total. The highest BCUT2D eigenvalue weighted by molar-refractivity contribution is 6.09. The van der Waals surface area contributed by atoms with Crippen LogP contribution in [0, 0.1) is 17.6 Å². The van der Waals surface area contributed by atoms with Gasteiger partial charge >= 0.3 is 5.97 Å². The lowest BCUT2D eigenvalue weighted by atomic mass is 9.77. The number of ether oxygens (including phenoxy) is 1. The molecule has 0 aromatic heterocycles. The highest BCUT2D eigenvalue weighted by Gasteiger charge is 2.54. The fourth-order valence-electron chi connectivity index (χ4n) is 3.77. The Kier molecular flexibility index (Phi) is 5.77. The zero-order valence-corrected chi connectivity index (χ0v) is 16.3. The largest absolute Gasteiger partial charge is 0.467 e. The minimum atomic E-state index is -1.09. The smallest absolute Gasteiger partial charge is 0.334 e. The van der Waals surface area contributed by atoms with Gasteiger partial charge < -0.3 is 4.74 Å². The van der Waals surface area contributed by atoms with Crippen LogP contribution in [0.25, 0.3) is 0 Å². The molecule has 6 heteroatoms. The lowest BCUT2D eigenvalue weighted by molar-refractivity contribution is -0.147. The Hall–Kier alpha value is -2.76. The van der Waals surface area contributed by atoms with Gasteiger partial charge in [0.2, 0.25) is 0 Å². The number of hydrogen-bond donors (Lipinski definition) is 0. The predicted octanol–water partition coefficient (Wildman–Crippen LogP) is 4.93. The van der Waals surface area contributed by atoms with Crippen LogP contribution >= 0.6 is 0 Å². The lowest BCUT2D eigenvalue weighted by Crippen LogP contribution is -2.53. The third kappa shape index (κ3) is 3.39. The number of carbonyl (C=O) groups is 1. The van der Waals surface area contributed by atoms with Gasteiger partial charge in [-0.1, -0.05) is 38.0 Å². The van der Waals surface area contributed by atoms with E-state index in [1.165, 1.54) is 13.2 Å². The van der Waals surface area contributed by atoms with Crippen molar-refractivity contribution in [3.63, 3.8) is 0 Å². The molecule has 1 aliphatic rings. The third-order valence-electron chi connectivity index (χ3n) is 5.32. The van der Waals surface area contributed by atoms with Gasteiger partial charge in [-0.25, -0.2) is 18.6 Å². The molecule has 2 atom stereocenters. The fourth-order valence-corrected chi connectivity index (χ4v) is 3.77. The van der Waals surface area contributed by atoms with Gasteiger partial charge in [0.25, 0.3) is 0 Å². The van der Waals surface area contributed by atoms with Crippen molar-refractivity contribution in [2.75, 3.05) is 12.1 Å². The number of rotatable bonds is 6. The lowest BCUT2D eigenvalue weighted by Gasteiger charge is -2.36. The zero-order valence-electron chi connectivity index (χ0n) is 16.3. The molecule has 28 heavy (non-hydrogen) atoms. The normalized spacial score (nSPS) is 21.5. The molecule has 0 amide bonds. The van der Waals surface area contributed by atoms with E-state index < -0.39 is 23.1 Å². The number of halogens is 2. The van der Waals surface area contributed by atoms with E-state index in [9.17, 15) is 13.6 Å². The summed E-state index contributed by atoms with van der Waals surface area (Å²) in [5, 5.41) is 6.36. The summed E-state index contributed by atoms with van der Waals surface area (Å²) in [5.41, 5.74) is 0.665. The van der Waals surface area contributed by atoms with Crippen molar-refractivity contribution in [1.82, 2.24) is 0 Å². The summed E-state index contributed by atoms with van der Waals surface area (Å²) in [7, 11) is 1.35. The molecule has 0 bridgehead atoms. The molecule has 3 rings (SSSR count). The van der Waals surface area contributed by atoms with E-state index in [1.807, 2.05) is 30.3 Å². The summed E-state index contributed by atoms with van der Waals surface area (Å²) in [6, 6.07) is 13.0. The number of anilines is 1. The average Bonchev–Trinajstić information content (AvgIpc) is 3.02. The molecule has 1 aliphatic heterocycles. The molecule has 1 heterocycles. The van der Waals surface area contributed by atoms with E-state index in [0.29, 0.717) is 17.7 Å². The van der Waals surface area contributed by atoms with Crippen LogP contribution in [0.4, 0.5) is 14.5 Å². The van der Waals surface area contributed by atoms with Crippen molar-refractivity contribution in [3.05, 3.63) is 65.7 Å². The van der Waals surface area contributed by atoms with Gasteiger partial charge in [0, 0.05) is 11.5 Å². The Bertz CT molecular complexity index is 885. The number of benzene rings is 2. The van der Waals surface area contributed by atoms with E-state index >= 15 is 0 Å². The molecule has 0 saturated carbocycles. The molecule has 0 fully saturated rings. The first-order chi connectivity index (χ1) is 13.4. The van der Waals surface area contributed by atoms with Crippen LogP contribution in [0.1, 0.15) is 38.7 Å². The van der Waals surface area contributed by atoms with Gasteiger partial charge in [0.1, 0.15) is 0 Å². The Morgan fingerprint density at radius 2 is 1.89 bits per heavy atom. The van der Waals surface area contributed by atoms with Crippen LogP contribution < -0.4 is 5.01 Å². The molecular formula is C22H24F2N2O2. The van der Waals surface area contributed by atoms with Crippen LogP contribution in [-0.4, -0.2) is 24.3 Å². The van der Waals surface area contributed by atoms with E-state index in [2.05, 4.69) is 6.92 Å². The van der Waals surface area contributed by atoms with Crippen LogP contribution in [-0.2, 0) is 9.53 Å². The Morgan fingerprint density at radius 3 is 2.50 bits per heavy atom. The van der Waals surface area contributed by atoms with Crippen molar-refractivity contribution in [2.24, 2.45) is 11.0 Å². The molecule has 4 nitrogen and oxygen atoms in total. The summed E-state index contributed by atoms with van der Waals surface area (Å²) < 4.78 is 32.5. The van der Waals surface area contributed by atoms with Gasteiger partial charge in [-0.2, -0.15) is 5.10 Å². The molecule has 0 spiro atoms. The number of carbonyl (C=O) groups excluding carboxylic acids is 1. The Morgan fingerprint density at radius 1 is 1.18 bits per heavy atom. The number of nitrogens with zero attached hydrogens (tertiary/aromatic N) is 2. The number of esters is 1. The molecule has 0 saturated heterocycles. The summed E-state index contributed by atoms with van der Waals surface area (Å²) in [6.45, 7) is 3.86. The van der Waals surface area contributed by atoms with Crippen LogP contribution in [0.5, 0.6) is 0 Å². The number of hydrogen-bond acceptors (Lipinski definition) is 4. The standard InChI is InChI=1S/C22H24F2N2O2/c1-4-5-11-17-20(15-12-13-18(23)19(24)14-15)25-26(16-9-7-6-8-10-16)22(17,2)21(27)28-3/h6-10,12-14,17H,4-5,11H2,1-3H3. The molecule has 0 aliphatic carbocycles.